The molecule has 1 N–H and O–H groups in total. The van der Waals surface area contributed by atoms with Crippen molar-refractivity contribution in [1.29, 1.82) is 0 Å². The van der Waals surface area contributed by atoms with Gasteiger partial charge in [-0.15, -0.1) is 0 Å². The molecule has 0 spiro atoms. The fraction of sp³-hybridized carbons (Fsp3) is 0.714. The van der Waals surface area contributed by atoms with E-state index in [1.807, 2.05) is 7.11 Å². The predicted molar refractivity (Wildman–Crippen MR) is 146 cm³/mol. The first-order valence-electron chi connectivity index (χ1n) is 15.5. The molecule has 10 rings (SSSR count). The summed E-state index contributed by atoms with van der Waals surface area (Å²) in [6.45, 7) is 0. The Labute approximate surface area is 223 Å². The maximum atomic E-state index is 11.9. The Hall–Kier alpha value is -2.06. The molecule has 0 saturated heterocycles. The lowest BCUT2D eigenvalue weighted by Gasteiger charge is -2.57. The maximum Gasteiger partial charge on any atom is 0.138 e. The Kier molecular flexibility index (Phi) is 5.08. The average Bonchev–Trinajstić information content (AvgIpc) is 2.85. The normalized spacial score (nSPS) is 42.0. The van der Waals surface area contributed by atoms with Crippen LogP contribution in [0, 0.1) is 64.6 Å². The second-order valence-electron chi connectivity index (χ2n) is 14.7. The van der Waals surface area contributed by atoms with Crippen LogP contribution < -0.4 is 4.74 Å². The first kappa shape index (κ1) is 22.9. The van der Waals surface area contributed by atoms with Crippen molar-refractivity contribution in [2.75, 3.05) is 7.11 Å². The Morgan fingerprint density at radius 3 is 1.76 bits per heavy atom. The molecule has 0 aliphatic heterocycles. The lowest BCUT2D eigenvalue weighted by atomic mass is 9.47. The van der Waals surface area contributed by atoms with Gasteiger partial charge in [-0.1, -0.05) is 5.92 Å². The van der Waals surface area contributed by atoms with E-state index < -0.39 is 0 Å². The zero-order valence-electron chi connectivity index (χ0n) is 22.6. The molecule has 2 nitrogen and oxygen atoms in total. The molecule has 8 saturated carbocycles. The number of aromatic hydroxyl groups is 1. The van der Waals surface area contributed by atoms with Gasteiger partial charge in [0.1, 0.15) is 11.5 Å². The summed E-state index contributed by atoms with van der Waals surface area (Å²) in [4.78, 5) is 0. The van der Waals surface area contributed by atoms with Gasteiger partial charge in [-0.25, -0.2) is 0 Å². The van der Waals surface area contributed by atoms with Crippen LogP contribution in [0.3, 0.4) is 0 Å². The monoisotopic (exact) mass is 494 g/mol. The van der Waals surface area contributed by atoms with Crippen LogP contribution >= 0.6 is 0 Å². The summed E-state index contributed by atoms with van der Waals surface area (Å²) < 4.78 is 6.17. The van der Waals surface area contributed by atoms with Gasteiger partial charge in [-0.05, 0) is 156 Å². The van der Waals surface area contributed by atoms with Crippen LogP contribution in [0.4, 0.5) is 0 Å². The molecule has 0 aromatic heterocycles. The molecule has 0 radical (unpaired) electrons. The number of hydrogen-bond donors (Lipinski definition) is 1. The molecule has 2 heteroatoms. The first-order chi connectivity index (χ1) is 18.0. The van der Waals surface area contributed by atoms with Crippen molar-refractivity contribution in [1.82, 2.24) is 0 Å². The molecule has 8 bridgehead atoms. The average molecular weight is 495 g/mol. The third-order valence-corrected chi connectivity index (χ3v) is 12.1. The zero-order valence-corrected chi connectivity index (χ0v) is 22.6. The largest absolute Gasteiger partial charge is 0.507 e. The van der Waals surface area contributed by atoms with E-state index in [0.29, 0.717) is 5.75 Å². The fourth-order valence-corrected chi connectivity index (χ4v) is 11.7. The molecule has 1 aromatic rings. The smallest absolute Gasteiger partial charge is 0.138 e. The van der Waals surface area contributed by atoms with Crippen LogP contribution in [0.25, 0.3) is 0 Å². The van der Waals surface area contributed by atoms with Gasteiger partial charge in [-0.2, -0.15) is 0 Å². The van der Waals surface area contributed by atoms with Gasteiger partial charge in [0.2, 0.25) is 0 Å². The summed E-state index contributed by atoms with van der Waals surface area (Å²) in [6, 6.07) is 0. The SMILES string of the molecule is COc1c(C#CC#CC23CC4CC(CC(C4)C2)C3)c(C23CC4CC(CC(C4)C2)C3)c(O)c2c1CCCC2. The highest BCUT2D eigenvalue weighted by Crippen LogP contribution is 2.64. The molecule has 0 amide bonds. The molecule has 9 aliphatic rings. The number of ether oxygens (including phenoxy) is 1. The van der Waals surface area contributed by atoms with Gasteiger partial charge in [-0.3, -0.25) is 0 Å². The lowest BCUT2D eigenvalue weighted by molar-refractivity contribution is -0.0181. The zero-order chi connectivity index (χ0) is 24.8. The molecule has 0 heterocycles. The van der Waals surface area contributed by atoms with E-state index in [0.717, 1.165) is 78.1 Å². The van der Waals surface area contributed by atoms with E-state index >= 15 is 0 Å². The van der Waals surface area contributed by atoms with Crippen molar-refractivity contribution in [3.05, 3.63) is 22.3 Å². The Morgan fingerprint density at radius 1 is 0.703 bits per heavy atom. The molecule has 37 heavy (non-hydrogen) atoms. The summed E-state index contributed by atoms with van der Waals surface area (Å²) >= 11 is 0. The molecule has 0 atom stereocenters. The highest BCUT2D eigenvalue weighted by Gasteiger charge is 2.54. The summed E-state index contributed by atoms with van der Waals surface area (Å²) in [5.74, 6) is 20.8. The van der Waals surface area contributed by atoms with E-state index in [9.17, 15) is 5.11 Å². The molecular formula is C35H42O2. The highest BCUT2D eigenvalue weighted by atomic mass is 16.5. The third-order valence-electron chi connectivity index (χ3n) is 12.1. The predicted octanol–water partition coefficient (Wildman–Crippen LogP) is 7.32. The van der Waals surface area contributed by atoms with Crippen LogP contribution in [0.15, 0.2) is 0 Å². The Balaban J connectivity index is 1.23. The van der Waals surface area contributed by atoms with Crippen molar-refractivity contribution in [3.63, 3.8) is 0 Å². The van der Waals surface area contributed by atoms with E-state index in [1.165, 1.54) is 88.2 Å². The lowest BCUT2D eigenvalue weighted by Crippen LogP contribution is -2.49. The quantitative estimate of drug-likeness (QED) is 0.437. The third kappa shape index (κ3) is 3.54. The van der Waals surface area contributed by atoms with Gasteiger partial charge in [0.15, 0.2) is 0 Å². The summed E-state index contributed by atoms with van der Waals surface area (Å²) in [6.07, 6.45) is 20.4. The molecule has 8 fully saturated rings. The van der Waals surface area contributed by atoms with Crippen LogP contribution in [-0.4, -0.2) is 12.2 Å². The maximum absolute atomic E-state index is 11.9. The van der Waals surface area contributed by atoms with Crippen LogP contribution in [0.1, 0.15) is 112 Å². The minimum absolute atomic E-state index is 0.0793. The van der Waals surface area contributed by atoms with Crippen molar-refractivity contribution in [2.45, 2.75) is 108 Å². The van der Waals surface area contributed by atoms with Crippen molar-refractivity contribution in [3.8, 4) is 35.2 Å². The second kappa shape index (κ2) is 8.22. The number of rotatable bonds is 2. The van der Waals surface area contributed by atoms with Crippen LogP contribution in [-0.2, 0) is 18.3 Å². The van der Waals surface area contributed by atoms with Crippen molar-refractivity contribution >= 4 is 0 Å². The summed E-state index contributed by atoms with van der Waals surface area (Å²) in [5.41, 5.74) is 4.84. The van der Waals surface area contributed by atoms with Crippen molar-refractivity contribution in [2.24, 2.45) is 40.9 Å². The van der Waals surface area contributed by atoms with Gasteiger partial charge in [0.25, 0.3) is 0 Å². The standard InChI is InChI=1S/C35H42O2/c1-37-33-29-7-3-2-6-28(29)32(36)31(35-19-25-13-26(20-35)15-27(14-25)21-35)30(33)8-4-5-9-34-16-22-10-23(17-34)12-24(11-22)18-34/h22-27,36H,2-3,6-7,10-21H2,1H3. The Bertz CT molecular complexity index is 1190. The Morgan fingerprint density at radius 2 is 1.22 bits per heavy atom. The van der Waals surface area contributed by atoms with Gasteiger partial charge in [0, 0.05) is 27.5 Å². The van der Waals surface area contributed by atoms with E-state index in [4.69, 9.17) is 4.74 Å². The van der Waals surface area contributed by atoms with Crippen molar-refractivity contribution < 1.29 is 9.84 Å². The number of phenolic OH excluding ortho intramolecular Hbond substituents is 1. The van der Waals surface area contributed by atoms with E-state index in [1.54, 1.807) is 0 Å². The number of hydrogen-bond acceptors (Lipinski definition) is 2. The molecule has 194 valence electrons. The molecule has 1 aromatic carbocycles. The fourth-order valence-electron chi connectivity index (χ4n) is 11.7. The number of benzene rings is 1. The van der Waals surface area contributed by atoms with Gasteiger partial charge < -0.3 is 9.84 Å². The van der Waals surface area contributed by atoms with Crippen LogP contribution in [0.5, 0.6) is 11.5 Å². The van der Waals surface area contributed by atoms with Crippen LogP contribution in [0.2, 0.25) is 0 Å². The molecular weight excluding hydrogens is 452 g/mol. The van der Waals surface area contributed by atoms with E-state index in [-0.39, 0.29) is 10.8 Å². The molecule has 0 unspecified atom stereocenters. The topological polar surface area (TPSA) is 29.5 Å². The minimum Gasteiger partial charge on any atom is -0.507 e. The number of fused-ring (bicyclic) bond motifs is 1. The van der Waals surface area contributed by atoms with Gasteiger partial charge >= 0.3 is 0 Å². The summed E-state index contributed by atoms with van der Waals surface area (Å²) in [7, 11) is 1.82. The number of phenols is 1. The van der Waals surface area contributed by atoms with Gasteiger partial charge in [0.05, 0.1) is 12.7 Å². The first-order valence-corrected chi connectivity index (χ1v) is 15.5. The number of methoxy groups -OCH3 is 1. The highest BCUT2D eigenvalue weighted by molar-refractivity contribution is 5.68. The summed E-state index contributed by atoms with van der Waals surface area (Å²) in [5, 5.41) is 11.9. The minimum atomic E-state index is 0.0793. The second-order valence-corrected chi connectivity index (χ2v) is 14.7. The molecule has 9 aliphatic carbocycles. The van der Waals surface area contributed by atoms with E-state index in [2.05, 4.69) is 23.7 Å².